The summed E-state index contributed by atoms with van der Waals surface area (Å²) in [6, 6.07) is 11.9. The second-order valence-corrected chi connectivity index (χ2v) is 7.66. The van der Waals surface area contributed by atoms with Crippen LogP contribution in [0.3, 0.4) is 0 Å². The highest BCUT2D eigenvalue weighted by Crippen LogP contribution is 2.18. The van der Waals surface area contributed by atoms with Gasteiger partial charge in [0.1, 0.15) is 0 Å². The highest BCUT2D eigenvalue weighted by Gasteiger charge is 2.19. The van der Waals surface area contributed by atoms with Gasteiger partial charge in [-0.25, -0.2) is 17.9 Å². The van der Waals surface area contributed by atoms with Crippen LogP contribution in [0.2, 0.25) is 0 Å². The second-order valence-electron chi connectivity index (χ2n) is 5.95. The molecule has 8 heteroatoms. The monoisotopic (exact) mass is 390 g/mol. The first-order chi connectivity index (χ1) is 12.8. The number of carbonyl (C=O) groups excluding carboxylic acids is 2. The van der Waals surface area contributed by atoms with Crippen LogP contribution < -0.4 is 10.0 Å². The molecule has 0 spiro atoms. The Morgan fingerprint density at radius 2 is 1.81 bits per heavy atom. The SMILES string of the molecule is CCC(C)NS(=O)(=O)c1cccc(C(=O)Nc2ccccc2C(=O)OC)c1. The molecule has 0 saturated heterocycles. The van der Waals surface area contributed by atoms with E-state index in [0.717, 1.165) is 0 Å². The summed E-state index contributed by atoms with van der Waals surface area (Å²) in [6.45, 7) is 3.63. The fourth-order valence-corrected chi connectivity index (χ4v) is 3.67. The fourth-order valence-electron chi connectivity index (χ4n) is 2.30. The van der Waals surface area contributed by atoms with E-state index in [2.05, 4.69) is 10.0 Å². The van der Waals surface area contributed by atoms with E-state index in [1.807, 2.05) is 6.92 Å². The van der Waals surface area contributed by atoms with Crippen molar-refractivity contribution in [1.82, 2.24) is 4.72 Å². The Morgan fingerprint density at radius 3 is 2.48 bits per heavy atom. The molecule has 0 fully saturated rings. The lowest BCUT2D eigenvalue weighted by atomic mass is 10.1. The van der Waals surface area contributed by atoms with Crippen LogP contribution in [0.25, 0.3) is 0 Å². The minimum Gasteiger partial charge on any atom is -0.465 e. The van der Waals surface area contributed by atoms with Crippen molar-refractivity contribution in [2.75, 3.05) is 12.4 Å². The van der Waals surface area contributed by atoms with Crippen LogP contribution in [0.15, 0.2) is 53.4 Å². The van der Waals surface area contributed by atoms with Crippen molar-refractivity contribution in [3.8, 4) is 0 Å². The first-order valence-electron chi connectivity index (χ1n) is 8.39. The van der Waals surface area contributed by atoms with Gasteiger partial charge in [-0.15, -0.1) is 0 Å². The molecule has 0 aliphatic heterocycles. The molecule has 27 heavy (non-hydrogen) atoms. The molecule has 0 bridgehead atoms. The summed E-state index contributed by atoms with van der Waals surface area (Å²) in [4.78, 5) is 24.4. The van der Waals surface area contributed by atoms with Gasteiger partial charge in [-0.05, 0) is 43.7 Å². The Morgan fingerprint density at radius 1 is 1.11 bits per heavy atom. The summed E-state index contributed by atoms with van der Waals surface area (Å²) in [5.41, 5.74) is 0.637. The molecule has 0 saturated carbocycles. The molecule has 2 N–H and O–H groups in total. The lowest BCUT2D eigenvalue weighted by Crippen LogP contribution is -2.32. The van der Waals surface area contributed by atoms with Crippen molar-refractivity contribution in [3.63, 3.8) is 0 Å². The van der Waals surface area contributed by atoms with Crippen LogP contribution in [0.5, 0.6) is 0 Å². The molecular weight excluding hydrogens is 368 g/mol. The molecule has 0 aromatic heterocycles. The number of sulfonamides is 1. The van der Waals surface area contributed by atoms with Crippen molar-refractivity contribution >= 4 is 27.6 Å². The van der Waals surface area contributed by atoms with E-state index in [0.29, 0.717) is 6.42 Å². The highest BCUT2D eigenvalue weighted by atomic mass is 32.2. The van der Waals surface area contributed by atoms with E-state index < -0.39 is 21.9 Å². The molecule has 0 aliphatic carbocycles. The van der Waals surface area contributed by atoms with Crippen LogP contribution in [-0.2, 0) is 14.8 Å². The number of esters is 1. The van der Waals surface area contributed by atoms with Crippen LogP contribution in [0.4, 0.5) is 5.69 Å². The van der Waals surface area contributed by atoms with Crippen molar-refractivity contribution in [1.29, 1.82) is 0 Å². The summed E-state index contributed by atoms with van der Waals surface area (Å²) in [5, 5.41) is 2.62. The molecule has 144 valence electrons. The summed E-state index contributed by atoms with van der Waals surface area (Å²) < 4.78 is 32.1. The Bertz CT molecular complexity index is 941. The molecule has 1 unspecified atom stereocenters. The zero-order valence-electron chi connectivity index (χ0n) is 15.4. The summed E-state index contributed by atoms with van der Waals surface area (Å²) in [5.74, 6) is -1.12. The first-order valence-corrected chi connectivity index (χ1v) is 9.88. The molecule has 7 nitrogen and oxygen atoms in total. The number of para-hydroxylation sites is 1. The fraction of sp³-hybridized carbons (Fsp3) is 0.263. The van der Waals surface area contributed by atoms with E-state index in [1.54, 1.807) is 25.1 Å². The van der Waals surface area contributed by atoms with Crippen LogP contribution >= 0.6 is 0 Å². The predicted molar refractivity (Wildman–Crippen MR) is 102 cm³/mol. The van der Waals surface area contributed by atoms with Gasteiger partial charge in [0, 0.05) is 11.6 Å². The van der Waals surface area contributed by atoms with Crippen molar-refractivity contribution < 1.29 is 22.7 Å². The standard InChI is InChI=1S/C19H22N2O5S/c1-4-13(2)21-27(24,25)15-9-7-8-14(12-15)18(22)20-17-11-6-5-10-16(17)19(23)26-3/h5-13,21H,4H2,1-3H3,(H,20,22). The number of benzene rings is 2. The number of anilines is 1. The van der Waals surface area contributed by atoms with Gasteiger partial charge in [0.05, 0.1) is 23.3 Å². The molecule has 1 amide bonds. The van der Waals surface area contributed by atoms with E-state index in [4.69, 9.17) is 4.74 Å². The lowest BCUT2D eigenvalue weighted by molar-refractivity contribution is 0.0602. The van der Waals surface area contributed by atoms with Crippen LogP contribution in [0, 0.1) is 0 Å². The minimum absolute atomic E-state index is 0.00305. The third-order valence-electron chi connectivity index (χ3n) is 3.96. The van der Waals surface area contributed by atoms with Gasteiger partial charge < -0.3 is 10.1 Å². The third kappa shape index (κ3) is 5.15. The number of methoxy groups -OCH3 is 1. The predicted octanol–water partition coefficient (Wildman–Crippen LogP) is 2.80. The molecule has 2 rings (SSSR count). The number of nitrogens with one attached hydrogen (secondary N) is 2. The number of ether oxygens (including phenoxy) is 1. The quantitative estimate of drug-likeness (QED) is 0.708. The molecule has 0 aliphatic rings. The Hall–Kier alpha value is -2.71. The maximum atomic E-state index is 12.6. The first kappa shape index (κ1) is 20.6. The van der Waals surface area contributed by atoms with Gasteiger partial charge in [0.15, 0.2) is 0 Å². The van der Waals surface area contributed by atoms with Gasteiger partial charge >= 0.3 is 5.97 Å². The molecular formula is C19H22N2O5S. The van der Waals surface area contributed by atoms with Crippen LogP contribution in [-0.4, -0.2) is 33.4 Å². The van der Waals surface area contributed by atoms with Gasteiger partial charge in [-0.3, -0.25) is 4.79 Å². The largest absolute Gasteiger partial charge is 0.465 e. The zero-order chi connectivity index (χ0) is 20.0. The average Bonchev–Trinajstić information content (AvgIpc) is 2.67. The molecule has 1 atom stereocenters. The normalized spacial score (nSPS) is 12.3. The molecule has 2 aromatic carbocycles. The van der Waals surface area contributed by atoms with E-state index in [9.17, 15) is 18.0 Å². The van der Waals surface area contributed by atoms with Crippen LogP contribution in [0.1, 0.15) is 41.0 Å². The number of hydrogen-bond acceptors (Lipinski definition) is 5. The number of hydrogen-bond donors (Lipinski definition) is 2. The van der Waals surface area contributed by atoms with E-state index >= 15 is 0 Å². The summed E-state index contributed by atoms with van der Waals surface area (Å²) >= 11 is 0. The summed E-state index contributed by atoms with van der Waals surface area (Å²) in [7, 11) is -2.48. The topological polar surface area (TPSA) is 102 Å². The maximum Gasteiger partial charge on any atom is 0.339 e. The Labute approximate surface area is 158 Å². The zero-order valence-corrected chi connectivity index (χ0v) is 16.2. The van der Waals surface area contributed by atoms with Crippen molar-refractivity contribution in [3.05, 3.63) is 59.7 Å². The molecule has 0 radical (unpaired) electrons. The third-order valence-corrected chi connectivity index (χ3v) is 5.54. The van der Waals surface area contributed by atoms with Gasteiger partial charge in [-0.1, -0.05) is 25.1 Å². The Kier molecular flexibility index (Phi) is 6.70. The maximum absolute atomic E-state index is 12.6. The van der Waals surface area contributed by atoms with E-state index in [1.165, 1.54) is 37.4 Å². The van der Waals surface area contributed by atoms with Gasteiger partial charge in [0.25, 0.3) is 5.91 Å². The Balaban J connectivity index is 2.28. The summed E-state index contributed by atoms with van der Waals surface area (Å²) in [6.07, 6.45) is 0.643. The van der Waals surface area contributed by atoms with E-state index in [-0.39, 0.29) is 27.8 Å². The highest BCUT2D eigenvalue weighted by molar-refractivity contribution is 7.89. The van der Waals surface area contributed by atoms with Gasteiger partial charge in [-0.2, -0.15) is 0 Å². The molecule has 2 aromatic rings. The average molecular weight is 390 g/mol. The number of rotatable bonds is 7. The smallest absolute Gasteiger partial charge is 0.339 e. The van der Waals surface area contributed by atoms with Gasteiger partial charge in [0.2, 0.25) is 10.0 Å². The number of amides is 1. The molecule has 0 heterocycles. The lowest BCUT2D eigenvalue weighted by Gasteiger charge is -2.13. The number of carbonyl (C=O) groups is 2. The second kappa shape index (κ2) is 8.79. The van der Waals surface area contributed by atoms with Crippen molar-refractivity contribution in [2.24, 2.45) is 0 Å². The van der Waals surface area contributed by atoms with Crippen molar-refractivity contribution in [2.45, 2.75) is 31.2 Å². The minimum atomic E-state index is -3.73.